The first-order chi connectivity index (χ1) is 27.3. The van der Waals surface area contributed by atoms with Crippen LogP contribution >= 0.6 is 0 Å². The van der Waals surface area contributed by atoms with Crippen molar-refractivity contribution in [1.29, 1.82) is 0 Å². The third kappa shape index (κ3) is 50.0. The molecule has 0 saturated carbocycles. The van der Waals surface area contributed by atoms with Crippen LogP contribution in [0.15, 0.2) is 0 Å². The quantitative estimate of drug-likeness (QED) is 0.0427. The Balaban J connectivity index is 3.94. The third-order valence-electron chi connectivity index (χ3n) is 12.9. The highest BCUT2D eigenvalue weighted by atomic mass is 16.7. The summed E-state index contributed by atoms with van der Waals surface area (Å²) in [6.45, 7) is 10.8. The van der Waals surface area contributed by atoms with Crippen molar-refractivity contribution >= 4 is 0 Å². The molecule has 1 heteroatoms. The predicted molar refractivity (Wildman–Crippen MR) is 254 cm³/mol. The van der Waals surface area contributed by atoms with E-state index in [0.29, 0.717) is 0 Å². The molecular weight excluding hydrogens is 665 g/mol. The van der Waals surface area contributed by atoms with Crippen molar-refractivity contribution in [2.24, 2.45) is 0 Å². The van der Waals surface area contributed by atoms with E-state index in [1.54, 1.807) is 0 Å². The molecule has 0 atom stereocenters. The molecule has 0 N–H and O–H groups in total. The van der Waals surface area contributed by atoms with Gasteiger partial charge in [-0.3, -0.25) is 0 Å². The van der Waals surface area contributed by atoms with E-state index in [1.807, 2.05) is 0 Å². The Morgan fingerprint density at radius 2 is 0.255 bits per heavy atom. The van der Waals surface area contributed by atoms with Gasteiger partial charge in [0.2, 0.25) is 0 Å². The minimum absolute atomic E-state index is 1.29. The van der Waals surface area contributed by atoms with Gasteiger partial charge in [-0.25, -0.2) is 0 Å². The third-order valence-corrected chi connectivity index (χ3v) is 12.9. The molecule has 0 aliphatic rings. The molecular formula is C54H111O+. The summed E-state index contributed by atoms with van der Waals surface area (Å²) >= 11 is 0. The summed E-state index contributed by atoms with van der Waals surface area (Å²) in [5, 5.41) is 0. The smallest absolute Gasteiger partial charge is 0.145 e. The molecule has 0 aromatic carbocycles. The van der Waals surface area contributed by atoms with Crippen LogP contribution in [0.3, 0.4) is 0 Å². The summed E-state index contributed by atoms with van der Waals surface area (Å²) in [5.74, 6) is 0. The van der Waals surface area contributed by atoms with Crippen LogP contribution in [0.5, 0.6) is 0 Å². The highest BCUT2D eigenvalue weighted by Crippen LogP contribution is 2.18. The van der Waals surface area contributed by atoms with Crippen LogP contribution in [0, 0.1) is 0 Å². The maximum atomic E-state index is 3.81. The second-order valence-electron chi connectivity index (χ2n) is 18.6. The van der Waals surface area contributed by atoms with Crippen LogP contribution in [0.2, 0.25) is 0 Å². The predicted octanol–water partition coefficient (Wildman–Crippen LogP) is 20.3. The highest BCUT2D eigenvalue weighted by molar-refractivity contribution is 4.56. The average molecular weight is 776 g/mol. The SMILES string of the molecule is CCCCCCCCCCCCCCCCCC[O+](CCCCCCCCCCCCCCCCCC)CCCCCCCCCCCCCCCCCC. The van der Waals surface area contributed by atoms with Crippen molar-refractivity contribution in [3.8, 4) is 0 Å². The van der Waals surface area contributed by atoms with Gasteiger partial charge in [0.15, 0.2) is 0 Å². The Labute approximate surface area is 352 Å². The number of unbranched alkanes of at least 4 members (excludes halogenated alkanes) is 45. The van der Waals surface area contributed by atoms with Crippen LogP contribution < -0.4 is 0 Å². The Bertz CT molecular complexity index is 543. The molecule has 0 aliphatic carbocycles. The maximum Gasteiger partial charge on any atom is 0.145 e. The molecule has 0 radical (unpaired) electrons. The lowest BCUT2D eigenvalue weighted by atomic mass is 10.0. The van der Waals surface area contributed by atoms with Gasteiger partial charge in [-0.2, -0.15) is 0 Å². The van der Waals surface area contributed by atoms with E-state index in [2.05, 4.69) is 25.1 Å². The summed E-state index contributed by atoms with van der Waals surface area (Å²) in [6, 6.07) is 0. The molecule has 0 saturated heterocycles. The lowest BCUT2D eigenvalue weighted by Gasteiger charge is -2.20. The topological polar surface area (TPSA) is 2.70 Å². The molecule has 55 heavy (non-hydrogen) atoms. The lowest BCUT2D eigenvalue weighted by molar-refractivity contribution is -0.143. The first-order valence-corrected chi connectivity index (χ1v) is 27.0. The van der Waals surface area contributed by atoms with E-state index in [9.17, 15) is 0 Å². The van der Waals surface area contributed by atoms with Gasteiger partial charge in [0.05, 0.1) is 0 Å². The van der Waals surface area contributed by atoms with Gasteiger partial charge in [-0.15, -0.1) is 0 Å². The van der Waals surface area contributed by atoms with Gasteiger partial charge in [0.25, 0.3) is 0 Å². The van der Waals surface area contributed by atoms with Gasteiger partial charge >= 0.3 is 0 Å². The van der Waals surface area contributed by atoms with Gasteiger partial charge in [-0.05, 0) is 19.3 Å². The molecule has 0 unspecified atom stereocenters. The zero-order valence-corrected chi connectivity index (χ0v) is 39.5. The van der Waals surface area contributed by atoms with Gasteiger partial charge < -0.3 is 4.37 Å². The Hall–Kier alpha value is -0.0400. The van der Waals surface area contributed by atoms with Gasteiger partial charge in [0.1, 0.15) is 19.8 Å². The largest absolute Gasteiger partial charge is 0.422 e. The fraction of sp³-hybridized carbons (Fsp3) is 1.00. The zero-order valence-electron chi connectivity index (χ0n) is 39.5. The minimum atomic E-state index is 1.29. The van der Waals surface area contributed by atoms with Crippen molar-refractivity contribution in [3.63, 3.8) is 0 Å². The molecule has 1 nitrogen and oxygen atoms in total. The molecule has 0 heterocycles. The van der Waals surface area contributed by atoms with Crippen molar-refractivity contribution < 1.29 is 4.37 Å². The number of hydrogen-bond acceptors (Lipinski definition) is 0. The van der Waals surface area contributed by atoms with E-state index in [0.717, 1.165) is 0 Å². The Kier molecular flexibility index (Phi) is 51.9. The van der Waals surface area contributed by atoms with Gasteiger partial charge in [0, 0.05) is 19.3 Å². The molecule has 0 aromatic heterocycles. The van der Waals surface area contributed by atoms with Gasteiger partial charge in [-0.1, -0.05) is 290 Å². The first kappa shape index (κ1) is 55.0. The monoisotopic (exact) mass is 776 g/mol. The minimum Gasteiger partial charge on any atom is -0.422 e. The molecule has 0 rings (SSSR count). The van der Waals surface area contributed by atoms with Crippen LogP contribution in [-0.2, 0) is 4.37 Å². The van der Waals surface area contributed by atoms with Crippen molar-refractivity contribution in [1.82, 2.24) is 0 Å². The normalized spacial score (nSPS) is 11.8. The van der Waals surface area contributed by atoms with Crippen LogP contribution in [-0.4, -0.2) is 19.8 Å². The zero-order chi connectivity index (χ0) is 39.6. The number of hydrogen-bond donors (Lipinski definition) is 0. The molecule has 0 aliphatic heterocycles. The summed E-state index contributed by atoms with van der Waals surface area (Å²) in [6.07, 6.45) is 70.2. The summed E-state index contributed by atoms with van der Waals surface area (Å²) in [5.41, 5.74) is 0. The lowest BCUT2D eigenvalue weighted by Crippen LogP contribution is -2.19. The average Bonchev–Trinajstić information content (AvgIpc) is 3.20. The van der Waals surface area contributed by atoms with Crippen molar-refractivity contribution in [3.05, 3.63) is 0 Å². The number of rotatable bonds is 51. The molecule has 0 spiro atoms. The van der Waals surface area contributed by atoms with E-state index >= 15 is 0 Å². The fourth-order valence-electron chi connectivity index (χ4n) is 8.87. The Morgan fingerprint density at radius 1 is 0.145 bits per heavy atom. The highest BCUT2D eigenvalue weighted by Gasteiger charge is 2.10. The maximum absolute atomic E-state index is 3.81. The molecule has 332 valence electrons. The molecule has 0 aromatic rings. The molecule has 0 fully saturated rings. The fourth-order valence-corrected chi connectivity index (χ4v) is 8.87. The Morgan fingerprint density at radius 3 is 0.382 bits per heavy atom. The van der Waals surface area contributed by atoms with Crippen molar-refractivity contribution in [2.45, 2.75) is 329 Å². The standard InChI is InChI=1S/C54H111O/c1-4-7-10-13-16-19-22-25-28-31-34-37-40-43-46-49-52-55(53-50-47-44-41-38-35-32-29-26-23-20-17-14-11-8-5-2)54-51-48-45-42-39-36-33-30-27-24-21-18-15-12-9-6-3/h4-54H2,1-3H3/q+1. The summed E-state index contributed by atoms with van der Waals surface area (Å²) in [7, 11) is 0. The second-order valence-corrected chi connectivity index (χ2v) is 18.6. The van der Waals surface area contributed by atoms with E-state index in [4.69, 9.17) is 0 Å². The second kappa shape index (κ2) is 52.0. The summed E-state index contributed by atoms with van der Waals surface area (Å²) < 4.78 is 3.81. The molecule has 0 amide bonds. The first-order valence-electron chi connectivity index (χ1n) is 27.0. The van der Waals surface area contributed by atoms with Crippen LogP contribution in [0.25, 0.3) is 0 Å². The van der Waals surface area contributed by atoms with E-state index < -0.39 is 0 Å². The van der Waals surface area contributed by atoms with Crippen LogP contribution in [0.1, 0.15) is 329 Å². The van der Waals surface area contributed by atoms with Crippen molar-refractivity contribution in [2.75, 3.05) is 19.8 Å². The summed E-state index contributed by atoms with van der Waals surface area (Å²) in [4.78, 5) is 0. The molecule has 0 bridgehead atoms. The van der Waals surface area contributed by atoms with Crippen LogP contribution in [0.4, 0.5) is 0 Å². The van der Waals surface area contributed by atoms with E-state index in [1.165, 1.54) is 328 Å². The van der Waals surface area contributed by atoms with E-state index in [-0.39, 0.29) is 0 Å².